The van der Waals surface area contributed by atoms with E-state index in [-0.39, 0.29) is 47.8 Å². The van der Waals surface area contributed by atoms with E-state index in [1.807, 2.05) is 28.0 Å². The average Bonchev–Trinajstić information content (AvgIpc) is 3.68. The van der Waals surface area contributed by atoms with Gasteiger partial charge in [-0.05, 0) is 99.0 Å². The number of carbonyl (C=O) groups excluding carboxylic acids is 6. The second-order valence-corrected chi connectivity index (χ2v) is 17.9. The van der Waals surface area contributed by atoms with E-state index in [4.69, 9.17) is 22.9 Å². The standard InChI is InChI=1S/C45H44ClN7O7/c1-47-37-11-8-32(20-36(37)46)60-31-6-3-28(4-7-31)52-23-27-18-26(2-9-33(27)42(52)57)41(56)50-16-14-49(15-17-50)30-21-45(22-30)24-51(25-45)29-5-10-34-35(19-29)44(59)53(43(34)58)38-12-13-39(54)48-40(38)55/h2,5,8-11,18-20,28,30-31,38H,3-4,6-7,12-17,21-25H2,(H,48,54,55). The molecule has 15 heteroatoms. The topological polar surface area (TPSA) is 144 Å². The molecule has 60 heavy (non-hydrogen) atoms. The fraction of sp³-hybridized carbons (Fsp3) is 0.444. The molecule has 2 saturated carbocycles. The zero-order valence-corrected chi connectivity index (χ0v) is 33.8. The van der Waals surface area contributed by atoms with Gasteiger partial charge in [-0.2, -0.15) is 0 Å². The highest BCUT2D eigenvalue weighted by atomic mass is 35.5. The Morgan fingerprint density at radius 1 is 0.800 bits per heavy atom. The van der Waals surface area contributed by atoms with Crippen molar-refractivity contribution in [3.8, 4) is 5.75 Å². The van der Waals surface area contributed by atoms with Crippen molar-refractivity contribution in [2.45, 2.75) is 82.1 Å². The summed E-state index contributed by atoms with van der Waals surface area (Å²) in [4.78, 5) is 90.8. The van der Waals surface area contributed by atoms with Crippen LogP contribution in [0, 0.1) is 12.0 Å². The summed E-state index contributed by atoms with van der Waals surface area (Å²) < 4.78 is 6.17. The zero-order valence-electron chi connectivity index (χ0n) is 33.0. The molecule has 1 N–H and O–H groups in total. The number of carbonyl (C=O) groups is 6. The minimum Gasteiger partial charge on any atom is -0.490 e. The summed E-state index contributed by atoms with van der Waals surface area (Å²) >= 11 is 6.20. The molecular formula is C45H44ClN7O7. The second-order valence-electron chi connectivity index (χ2n) is 17.5. The molecule has 1 atom stereocenters. The van der Waals surface area contributed by atoms with Crippen LogP contribution in [0.4, 0.5) is 11.4 Å². The van der Waals surface area contributed by atoms with Gasteiger partial charge in [0.1, 0.15) is 11.8 Å². The lowest BCUT2D eigenvalue weighted by Crippen LogP contribution is -2.68. The molecule has 5 aliphatic heterocycles. The minimum absolute atomic E-state index is 0.0000103. The van der Waals surface area contributed by atoms with Crippen LogP contribution < -0.4 is 15.0 Å². The van der Waals surface area contributed by atoms with Gasteiger partial charge in [-0.1, -0.05) is 17.7 Å². The van der Waals surface area contributed by atoms with Gasteiger partial charge in [0.05, 0.1) is 28.8 Å². The first-order valence-electron chi connectivity index (χ1n) is 20.9. The van der Waals surface area contributed by atoms with Crippen molar-refractivity contribution in [3.05, 3.63) is 98.9 Å². The van der Waals surface area contributed by atoms with Gasteiger partial charge in [0, 0.05) is 86.5 Å². The molecule has 1 spiro atoms. The number of anilines is 1. The molecule has 2 aliphatic carbocycles. The number of hydrogen-bond donors (Lipinski definition) is 1. The van der Waals surface area contributed by atoms with Crippen LogP contribution in [0.2, 0.25) is 5.02 Å². The van der Waals surface area contributed by atoms with Crippen molar-refractivity contribution >= 4 is 58.4 Å². The van der Waals surface area contributed by atoms with Crippen LogP contribution in [0.3, 0.4) is 0 Å². The highest BCUT2D eigenvalue weighted by Gasteiger charge is 2.54. The van der Waals surface area contributed by atoms with E-state index in [2.05, 4.69) is 20.0 Å². The Hall–Kier alpha value is -5.78. The number of nitrogens with zero attached hydrogens (tertiary/aromatic N) is 6. The lowest BCUT2D eigenvalue weighted by atomic mass is 9.60. The van der Waals surface area contributed by atoms with Gasteiger partial charge in [-0.3, -0.25) is 43.9 Å². The molecule has 5 heterocycles. The van der Waals surface area contributed by atoms with Crippen molar-refractivity contribution < 1.29 is 33.5 Å². The highest BCUT2D eigenvalue weighted by molar-refractivity contribution is 6.33. The summed E-state index contributed by atoms with van der Waals surface area (Å²) in [5.74, 6) is -1.33. The maximum absolute atomic E-state index is 13.7. The first kappa shape index (κ1) is 38.4. The van der Waals surface area contributed by atoms with Gasteiger partial charge >= 0.3 is 0 Å². The number of halogens is 1. The van der Waals surface area contributed by atoms with Crippen molar-refractivity contribution in [1.29, 1.82) is 0 Å². The molecule has 0 radical (unpaired) electrons. The van der Waals surface area contributed by atoms with E-state index in [0.717, 1.165) is 80.9 Å². The van der Waals surface area contributed by atoms with E-state index < -0.39 is 29.7 Å². The first-order valence-corrected chi connectivity index (χ1v) is 21.3. The van der Waals surface area contributed by atoms with E-state index in [9.17, 15) is 28.8 Å². The Labute approximate surface area is 352 Å². The summed E-state index contributed by atoms with van der Waals surface area (Å²) in [6, 6.07) is 15.5. The number of benzene rings is 3. The van der Waals surface area contributed by atoms with Crippen molar-refractivity contribution in [1.82, 2.24) is 24.9 Å². The maximum Gasteiger partial charge on any atom is 0.262 e. The van der Waals surface area contributed by atoms with Gasteiger partial charge in [-0.25, -0.2) is 4.85 Å². The third-order valence-corrected chi connectivity index (χ3v) is 14.2. The molecule has 6 amide bonds. The number of ether oxygens (including phenoxy) is 1. The number of hydrogen-bond acceptors (Lipinski definition) is 9. The fourth-order valence-electron chi connectivity index (χ4n) is 10.6. The molecule has 308 valence electrons. The lowest BCUT2D eigenvalue weighted by Gasteiger charge is -2.62. The van der Waals surface area contributed by atoms with Gasteiger partial charge in [0.15, 0.2) is 0 Å². The molecule has 14 nitrogen and oxygen atoms in total. The predicted octanol–water partition coefficient (Wildman–Crippen LogP) is 5.06. The number of piperidine rings is 1. The lowest BCUT2D eigenvalue weighted by molar-refractivity contribution is -0.136. The number of imide groups is 2. The Kier molecular flexibility index (Phi) is 9.44. The Morgan fingerprint density at radius 3 is 2.25 bits per heavy atom. The summed E-state index contributed by atoms with van der Waals surface area (Å²) in [7, 11) is 0. The molecule has 3 aromatic rings. The van der Waals surface area contributed by atoms with E-state index in [1.165, 1.54) is 0 Å². The van der Waals surface area contributed by atoms with Crippen LogP contribution in [-0.4, -0.2) is 119 Å². The van der Waals surface area contributed by atoms with Crippen LogP contribution in [0.15, 0.2) is 54.6 Å². The molecule has 0 aromatic heterocycles. The van der Waals surface area contributed by atoms with Gasteiger partial charge < -0.3 is 19.4 Å². The molecule has 3 saturated heterocycles. The third-order valence-electron chi connectivity index (χ3n) is 13.9. The summed E-state index contributed by atoms with van der Waals surface area (Å²) in [5.41, 5.74) is 4.27. The number of amides is 6. The van der Waals surface area contributed by atoms with Crippen molar-refractivity contribution in [2.24, 2.45) is 5.41 Å². The number of nitrogens with one attached hydrogen (secondary N) is 1. The summed E-state index contributed by atoms with van der Waals surface area (Å²) in [6.45, 7) is 12.3. The monoisotopic (exact) mass is 829 g/mol. The Balaban J connectivity index is 0.682. The van der Waals surface area contributed by atoms with Crippen LogP contribution in [0.5, 0.6) is 5.75 Å². The minimum atomic E-state index is -0.982. The summed E-state index contributed by atoms with van der Waals surface area (Å²) in [6.07, 6.45) is 5.63. The predicted molar refractivity (Wildman–Crippen MR) is 219 cm³/mol. The molecule has 7 aliphatic rings. The zero-order chi connectivity index (χ0) is 41.4. The van der Waals surface area contributed by atoms with Crippen LogP contribution in [-0.2, 0) is 16.1 Å². The molecular weight excluding hydrogens is 786 g/mol. The third kappa shape index (κ3) is 6.59. The number of fused-ring (bicyclic) bond motifs is 2. The number of piperazine rings is 1. The molecule has 0 bridgehead atoms. The average molecular weight is 830 g/mol. The number of rotatable bonds is 7. The SMILES string of the molecule is [C-]#[N+]c1ccc(OC2CCC(N3Cc4cc(C(=O)N5CCN(C6CC7(C6)CN(c6ccc8c(c6)C(=O)N(C6CCC(=O)NC6=O)C8=O)C7)CC5)ccc4C3=O)CC2)cc1Cl. The molecule has 10 rings (SSSR count). The van der Waals surface area contributed by atoms with Crippen LogP contribution in [0.25, 0.3) is 4.85 Å². The Bertz CT molecular complexity index is 2400. The molecule has 1 unspecified atom stereocenters. The quantitative estimate of drug-likeness (QED) is 0.255. The maximum atomic E-state index is 13.7. The van der Waals surface area contributed by atoms with E-state index in [1.54, 1.807) is 36.4 Å². The first-order chi connectivity index (χ1) is 29.0. The van der Waals surface area contributed by atoms with E-state index >= 15 is 0 Å². The normalized spacial score (nSPS) is 25.1. The Morgan fingerprint density at radius 2 is 1.53 bits per heavy atom. The smallest absolute Gasteiger partial charge is 0.262 e. The van der Waals surface area contributed by atoms with Crippen LogP contribution in [0.1, 0.15) is 98.4 Å². The van der Waals surface area contributed by atoms with Gasteiger partial charge in [0.25, 0.3) is 23.6 Å². The van der Waals surface area contributed by atoms with Crippen molar-refractivity contribution in [3.63, 3.8) is 0 Å². The van der Waals surface area contributed by atoms with Gasteiger partial charge in [-0.15, -0.1) is 0 Å². The largest absolute Gasteiger partial charge is 0.490 e. The fourth-order valence-corrected chi connectivity index (χ4v) is 10.8. The highest BCUT2D eigenvalue weighted by Crippen LogP contribution is 2.52. The van der Waals surface area contributed by atoms with E-state index in [0.29, 0.717) is 58.8 Å². The van der Waals surface area contributed by atoms with Crippen LogP contribution >= 0.6 is 11.6 Å². The van der Waals surface area contributed by atoms with Gasteiger partial charge in [0.2, 0.25) is 17.5 Å². The molecule has 3 aromatic carbocycles. The second kappa shape index (κ2) is 14.7. The van der Waals surface area contributed by atoms with Crippen molar-refractivity contribution in [2.75, 3.05) is 44.2 Å². The molecule has 5 fully saturated rings. The summed E-state index contributed by atoms with van der Waals surface area (Å²) in [5, 5.41) is 2.62.